The molecule has 21 heavy (non-hydrogen) atoms. The van der Waals surface area contributed by atoms with E-state index in [1.807, 2.05) is 0 Å². The van der Waals surface area contributed by atoms with Gasteiger partial charge in [0.1, 0.15) is 5.82 Å². The lowest BCUT2D eigenvalue weighted by atomic mass is 10.1. The van der Waals surface area contributed by atoms with Gasteiger partial charge in [0.2, 0.25) is 5.91 Å². The fraction of sp³-hybridized carbons (Fsp3) is 0.0714. The van der Waals surface area contributed by atoms with Crippen molar-refractivity contribution in [1.82, 2.24) is 0 Å². The quantitative estimate of drug-likeness (QED) is 0.652. The molecule has 2 rings (SSSR count). The molecule has 2 aromatic carbocycles. The van der Waals surface area contributed by atoms with Gasteiger partial charge in [-0.05, 0) is 36.4 Å². The van der Waals surface area contributed by atoms with Crippen LogP contribution in [-0.2, 0) is 6.54 Å². The highest BCUT2D eigenvalue weighted by Gasteiger charge is 2.14. The van der Waals surface area contributed by atoms with Crippen molar-refractivity contribution in [2.24, 2.45) is 5.73 Å². The van der Waals surface area contributed by atoms with E-state index >= 15 is 0 Å². The number of rotatable bonds is 5. The zero-order valence-electron chi connectivity index (χ0n) is 10.9. The number of benzene rings is 2. The Labute approximate surface area is 119 Å². The molecular formula is C14H12FN3O3. The summed E-state index contributed by atoms with van der Waals surface area (Å²) in [5.74, 6) is -1.08. The number of carbonyl (C=O) groups excluding carboxylic acids is 1. The number of anilines is 1. The van der Waals surface area contributed by atoms with Gasteiger partial charge in [0.15, 0.2) is 0 Å². The summed E-state index contributed by atoms with van der Waals surface area (Å²) in [6, 6.07) is 9.58. The first-order chi connectivity index (χ1) is 9.97. The molecule has 6 nitrogen and oxygen atoms in total. The van der Waals surface area contributed by atoms with Crippen molar-refractivity contribution in [3.05, 3.63) is 69.5 Å². The number of primary amides is 1. The summed E-state index contributed by atoms with van der Waals surface area (Å²) in [5, 5.41) is 13.8. The number of nitro benzene ring substituents is 1. The number of hydrogen-bond acceptors (Lipinski definition) is 4. The molecule has 0 heterocycles. The molecule has 0 aliphatic rings. The highest BCUT2D eigenvalue weighted by atomic mass is 19.1. The Morgan fingerprint density at radius 2 is 1.90 bits per heavy atom. The Kier molecular flexibility index (Phi) is 4.13. The number of nitro groups is 1. The van der Waals surface area contributed by atoms with Crippen molar-refractivity contribution < 1.29 is 14.1 Å². The molecule has 108 valence electrons. The van der Waals surface area contributed by atoms with Gasteiger partial charge in [-0.2, -0.15) is 0 Å². The Hall–Kier alpha value is -2.96. The largest absolute Gasteiger partial charge is 0.381 e. The van der Waals surface area contributed by atoms with Crippen LogP contribution >= 0.6 is 0 Å². The molecule has 0 unspecified atom stereocenters. The Morgan fingerprint density at radius 3 is 2.48 bits per heavy atom. The predicted molar refractivity (Wildman–Crippen MR) is 75.3 cm³/mol. The van der Waals surface area contributed by atoms with Gasteiger partial charge >= 0.3 is 0 Å². The van der Waals surface area contributed by atoms with Gasteiger partial charge in [-0.15, -0.1) is 0 Å². The summed E-state index contributed by atoms with van der Waals surface area (Å²) < 4.78 is 13.2. The standard InChI is InChI=1S/C14H12FN3O3/c15-11-3-6-13(18(20)21)10(7-11)8-17-12-4-1-9(2-5-12)14(16)19/h1-7,17H,8H2,(H2,16,19). The summed E-state index contributed by atoms with van der Waals surface area (Å²) in [6.45, 7) is 0.0873. The summed E-state index contributed by atoms with van der Waals surface area (Å²) in [6.07, 6.45) is 0. The van der Waals surface area contributed by atoms with Crippen LogP contribution in [0.5, 0.6) is 0 Å². The molecule has 0 saturated heterocycles. The smallest absolute Gasteiger partial charge is 0.274 e. The van der Waals surface area contributed by atoms with Gasteiger partial charge in [-0.1, -0.05) is 0 Å². The van der Waals surface area contributed by atoms with E-state index in [0.29, 0.717) is 11.3 Å². The summed E-state index contributed by atoms with van der Waals surface area (Å²) in [4.78, 5) is 21.2. The monoisotopic (exact) mass is 289 g/mol. The van der Waals surface area contributed by atoms with Crippen molar-refractivity contribution in [2.75, 3.05) is 5.32 Å². The maximum absolute atomic E-state index is 13.2. The third-order valence-electron chi connectivity index (χ3n) is 2.89. The van der Waals surface area contributed by atoms with Crippen molar-refractivity contribution in [1.29, 1.82) is 0 Å². The highest BCUT2D eigenvalue weighted by molar-refractivity contribution is 5.93. The molecule has 0 atom stereocenters. The minimum Gasteiger partial charge on any atom is -0.381 e. The third-order valence-corrected chi connectivity index (χ3v) is 2.89. The molecule has 3 N–H and O–H groups in total. The average Bonchev–Trinajstić information content (AvgIpc) is 2.45. The molecule has 0 bridgehead atoms. The number of nitrogens with two attached hydrogens (primary N) is 1. The fourth-order valence-electron chi connectivity index (χ4n) is 1.82. The van der Waals surface area contributed by atoms with Crippen molar-refractivity contribution in [3.63, 3.8) is 0 Å². The number of nitrogens with zero attached hydrogens (tertiary/aromatic N) is 1. The molecular weight excluding hydrogens is 277 g/mol. The first-order valence-electron chi connectivity index (χ1n) is 6.04. The van der Waals surface area contributed by atoms with Crippen molar-refractivity contribution in [3.8, 4) is 0 Å². The van der Waals surface area contributed by atoms with Crippen LogP contribution in [0.3, 0.4) is 0 Å². The minimum atomic E-state index is -0.563. The summed E-state index contributed by atoms with van der Waals surface area (Å²) >= 11 is 0. The van der Waals surface area contributed by atoms with E-state index in [9.17, 15) is 19.3 Å². The van der Waals surface area contributed by atoms with Crippen molar-refractivity contribution in [2.45, 2.75) is 6.54 Å². The maximum atomic E-state index is 13.2. The van der Waals surface area contributed by atoms with E-state index in [0.717, 1.165) is 18.2 Å². The number of halogens is 1. The fourth-order valence-corrected chi connectivity index (χ4v) is 1.82. The number of hydrogen-bond donors (Lipinski definition) is 2. The first-order valence-corrected chi connectivity index (χ1v) is 6.04. The van der Waals surface area contributed by atoms with Crippen LogP contribution in [0.15, 0.2) is 42.5 Å². The van der Waals surface area contributed by atoms with E-state index in [1.165, 1.54) is 12.1 Å². The third kappa shape index (κ3) is 3.53. The van der Waals surface area contributed by atoms with Crippen LogP contribution in [0.25, 0.3) is 0 Å². The zero-order valence-corrected chi connectivity index (χ0v) is 10.9. The molecule has 0 radical (unpaired) electrons. The molecule has 1 amide bonds. The lowest BCUT2D eigenvalue weighted by Crippen LogP contribution is -2.10. The highest BCUT2D eigenvalue weighted by Crippen LogP contribution is 2.21. The molecule has 0 aromatic heterocycles. The SMILES string of the molecule is NC(=O)c1ccc(NCc2cc(F)ccc2[N+](=O)[O-])cc1. The van der Waals surface area contributed by atoms with Gasteiger partial charge in [-0.3, -0.25) is 14.9 Å². The van der Waals surface area contributed by atoms with Crippen LogP contribution in [-0.4, -0.2) is 10.8 Å². The molecule has 0 aliphatic carbocycles. The van der Waals surface area contributed by atoms with E-state index in [2.05, 4.69) is 5.32 Å². The normalized spacial score (nSPS) is 10.1. The van der Waals surface area contributed by atoms with E-state index in [-0.39, 0.29) is 17.8 Å². The Morgan fingerprint density at radius 1 is 1.24 bits per heavy atom. The molecule has 0 spiro atoms. The summed E-state index contributed by atoms with van der Waals surface area (Å²) in [7, 11) is 0. The van der Waals surface area contributed by atoms with E-state index < -0.39 is 16.6 Å². The second-order valence-electron chi connectivity index (χ2n) is 4.33. The second-order valence-corrected chi connectivity index (χ2v) is 4.33. The number of carbonyl (C=O) groups is 1. The number of nitrogens with one attached hydrogen (secondary N) is 1. The summed E-state index contributed by atoms with van der Waals surface area (Å²) in [5.41, 5.74) is 6.20. The van der Waals surface area contributed by atoms with Crippen molar-refractivity contribution >= 4 is 17.3 Å². The van der Waals surface area contributed by atoms with E-state index in [1.54, 1.807) is 12.1 Å². The van der Waals surface area contributed by atoms with Crippen LogP contribution in [0.1, 0.15) is 15.9 Å². The zero-order chi connectivity index (χ0) is 15.4. The molecule has 2 aromatic rings. The number of amides is 1. The van der Waals surface area contributed by atoms with Crippen LogP contribution in [0, 0.1) is 15.9 Å². The molecule has 7 heteroatoms. The molecule has 0 aliphatic heterocycles. The van der Waals surface area contributed by atoms with Crippen LogP contribution < -0.4 is 11.1 Å². The van der Waals surface area contributed by atoms with Gasteiger partial charge in [0, 0.05) is 23.9 Å². The topological polar surface area (TPSA) is 98.3 Å². The van der Waals surface area contributed by atoms with Crippen LogP contribution in [0.4, 0.5) is 15.8 Å². The van der Waals surface area contributed by atoms with Crippen LogP contribution in [0.2, 0.25) is 0 Å². The van der Waals surface area contributed by atoms with Gasteiger partial charge in [0.05, 0.1) is 10.5 Å². The Bertz CT molecular complexity index is 686. The lowest BCUT2D eigenvalue weighted by Gasteiger charge is -2.07. The molecule has 0 saturated carbocycles. The van der Waals surface area contributed by atoms with Gasteiger partial charge in [-0.25, -0.2) is 4.39 Å². The second kappa shape index (κ2) is 6.00. The Balaban J connectivity index is 2.14. The van der Waals surface area contributed by atoms with Gasteiger partial charge in [0.25, 0.3) is 5.69 Å². The van der Waals surface area contributed by atoms with Gasteiger partial charge < -0.3 is 11.1 Å². The minimum absolute atomic E-state index is 0.0873. The first kappa shape index (κ1) is 14.4. The predicted octanol–water partition coefficient (Wildman–Crippen LogP) is 2.44. The average molecular weight is 289 g/mol. The molecule has 0 fully saturated rings. The van der Waals surface area contributed by atoms with E-state index in [4.69, 9.17) is 5.73 Å². The maximum Gasteiger partial charge on any atom is 0.274 e. The lowest BCUT2D eigenvalue weighted by molar-refractivity contribution is -0.385.